The van der Waals surface area contributed by atoms with Gasteiger partial charge in [0.2, 0.25) is 6.79 Å². The molecule has 1 aliphatic heterocycles. The van der Waals surface area contributed by atoms with E-state index in [1.165, 1.54) is 6.92 Å². The number of carbonyl (C=O) groups is 1. The van der Waals surface area contributed by atoms with Crippen molar-refractivity contribution in [1.82, 2.24) is 0 Å². The highest BCUT2D eigenvalue weighted by Gasteiger charge is 2.74. The molecule has 3 N–H and O–H groups in total. The zero-order valence-electron chi connectivity index (χ0n) is 12.0. The number of fused-ring (bicyclic) bond motifs is 1. The Morgan fingerprint density at radius 1 is 1.41 bits per heavy atom. The highest BCUT2D eigenvalue weighted by molar-refractivity contribution is 7.92. The van der Waals surface area contributed by atoms with Gasteiger partial charge in [0.15, 0.2) is 21.3 Å². The van der Waals surface area contributed by atoms with E-state index in [-0.39, 0.29) is 19.1 Å². The molecule has 22 heavy (non-hydrogen) atoms. The quantitative estimate of drug-likeness (QED) is 0.801. The Labute approximate surface area is 127 Å². The Morgan fingerprint density at radius 3 is 2.68 bits per heavy atom. The van der Waals surface area contributed by atoms with Gasteiger partial charge in [-0.05, 0) is 17.7 Å². The maximum atomic E-state index is 12.3. The Kier molecular flexibility index (Phi) is 3.33. The fourth-order valence-electron chi connectivity index (χ4n) is 3.28. The van der Waals surface area contributed by atoms with Crippen LogP contribution in [-0.2, 0) is 14.6 Å². The molecule has 0 unspecified atom stereocenters. The third kappa shape index (κ3) is 1.90. The van der Waals surface area contributed by atoms with E-state index >= 15 is 0 Å². The Balaban J connectivity index is 2.06. The number of hydrogen-bond donors (Lipinski definition) is 2. The molecule has 1 fully saturated rings. The number of aliphatic carboxylic acids is 1. The van der Waals surface area contributed by atoms with Gasteiger partial charge in [0.05, 0.1) is 5.25 Å². The summed E-state index contributed by atoms with van der Waals surface area (Å²) in [6, 6.07) is 4.98. The fraction of sp³-hybridized carbons (Fsp3) is 0.500. The van der Waals surface area contributed by atoms with Crippen LogP contribution in [0.5, 0.6) is 11.5 Å². The number of benzene rings is 1. The van der Waals surface area contributed by atoms with Crippen LogP contribution in [0.2, 0.25) is 0 Å². The van der Waals surface area contributed by atoms with Gasteiger partial charge in [0, 0.05) is 18.2 Å². The SMILES string of the molecule is CCS(=O)(=O)[C@H]1[C@@H](c2ccc3c(c2)OCO3)[C@@]1(CN)C(=O)O. The zero-order valence-corrected chi connectivity index (χ0v) is 12.8. The maximum Gasteiger partial charge on any atom is 0.312 e. The zero-order chi connectivity index (χ0) is 16.1. The summed E-state index contributed by atoms with van der Waals surface area (Å²) in [5.74, 6) is -0.913. The number of carboxylic acids is 1. The van der Waals surface area contributed by atoms with Gasteiger partial charge in [-0.1, -0.05) is 13.0 Å². The van der Waals surface area contributed by atoms with E-state index in [1.807, 2.05) is 0 Å². The molecule has 7 nitrogen and oxygen atoms in total. The van der Waals surface area contributed by atoms with Crippen molar-refractivity contribution in [2.75, 3.05) is 19.1 Å². The second-order valence-corrected chi connectivity index (χ2v) is 7.92. The van der Waals surface area contributed by atoms with Crippen molar-refractivity contribution in [3.8, 4) is 11.5 Å². The highest BCUT2D eigenvalue weighted by Crippen LogP contribution is 2.63. The first-order valence-corrected chi connectivity index (χ1v) is 8.64. The van der Waals surface area contributed by atoms with Gasteiger partial charge >= 0.3 is 5.97 Å². The van der Waals surface area contributed by atoms with E-state index in [0.717, 1.165) is 0 Å². The van der Waals surface area contributed by atoms with E-state index < -0.39 is 32.4 Å². The highest BCUT2D eigenvalue weighted by atomic mass is 32.2. The van der Waals surface area contributed by atoms with Crippen molar-refractivity contribution in [2.45, 2.75) is 18.1 Å². The second kappa shape index (κ2) is 4.85. The standard InChI is InChI=1S/C14H17NO6S/c1-2-22(18,19)12-11(14(12,6-15)13(16)17)8-3-4-9-10(5-8)21-7-20-9/h3-5,11-12H,2,6-7,15H2,1H3,(H,16,17)/t11-,12+,14-/m1/s1. The van der Waals surface area contributed by atoms with Gasteiger partial charge < -0.3 is 20.3 Å². The number of hydrogen-bond acceptors (Lipinski definition) is 6. The first-order valence-electron chi connectivity index (χ1n) is 6.93. The lowest BCUT2D eigenvalue weighted by molar-refractivity contribution is -0.143. The fourth-order valence-corrected chi connectivity index (χ4v) is 5.36. The minimum Gasteiger partial charge on any atom is -0.481 e. The number of nitrogens with two attached hydrogens (primary N) is 1. The van der Waals surface area contributed by atoms with Crippen molar-refractivity contribution < 1.29 is 27.8 Å². The van der Waals surface area contributed by atoms with E-state index in [9.17, 15) is 18.3 Å². The van der Waals surface area contributed by atoms with Gasteiger partial charge in [-0.15, -0.1) is 0 Å². The van der Waals surface area contributed by atoms with Crippen LogP contribution in [0, 0.1) is 5.41 Å². The van der Waals surface area contributed by atoms with Crippen molar-refractivity contribution in [3.63, 3.8) is 0 Å². The largest absolute Gasteiger partial charge is 0.481 e. The summed E-state index contributed by atoms with van der Waals surface area (Å²) in [4.78, 5) is 11.7. The third-order valence-corrected chi connectivity index (χ3v) is 6.81. The van der Waals surface area contributed by atoms with Crippen LogP contribution in [-0.4, -0.2) is 43.8 Å². The normalized spacial score (nSPS) is 29.4. The molecule has 1 aliphatic carbocycles. The monoisotopic (exact) mass is 327 g/mol. The molecular formula is C14H17NO6S. The number of sulfone groups is 1. The maximum absolute atomic E-state index is 12.3. The smallest absolute Gasteiger partial charge is 0.312 e. The van der Waals surface area contributed by atoms with Gasteiger partial charge in [-0.25, -0.2) is 8.42 Å². The molecule has 0 saturated heterocycles. The average molecular weight is 327 g/mol. The minimum atomic E-state index is -3.53. The minimum absolute atomic E-state index is 0.0983. The van der Waals surface area contributed by atoms with Crippen molar-refractivity contribution in [3.05, 3.63) is 23.8 Å². The molecule has 3 rings (SSSR count). The first-order chi connectivity index (χ1) is 10.4. The Hall–Kier alpha value is -1.80. The molecule has 3 atom stereocenters. The summed E-state index contributed by atoms with van der Waals surface area (Å²) in [6.45, 7) is 1.37. The molecule has 1 heterocycles. The van der Waals surface area contributed by atoms with E-state index in [0.29, 0.717) is 17.1 Å². The van der Waals surface area contributed by atoms with Gasteiger partial charge in [-0.3, -0.25) is 4.79 Å². The van der Waals surface area contributed by atoms with Crippen LogP contribution < -0.4 is 15.2 Å². The number of rotatable bonds is 5. The van der Waals surface area contributed by atoms with Crippen LogP contribution in [0.3, 0.4) is 0 Å². The molecule has 0 radical (unpaired) electrons. The molecule has 0 aromatic heterocycles. The summed E-state index contributed by atoms with van der Waals surface area (Å²) in [6.07, 6.45) is 0. The van der Waals surface area contributed by atoms with Crippen LogP contribution in [0.25, 0.3) is 0 Å². The Morgan fingerprint density at radius 2 is 2.09 bits per heavy atom. The molecular weight excluding hydrogens is 310 g/mol. The number of ether oxygens (including phenoxy) is 2. The van der Waals surface area contributed by atoms with Crippen molar-refractivity contribution in [1.29, 1.82) is 0 Å². The van der Waals surface area contributed by atoms with Crippen LogP contribution >= 0.6 is 0 Å². The third-order valence-electron chi connectivity index (χ3n) is 4.54. The van der Waals surface area contributed by atoms with Crippen LogP contribution in [0.15, 0.2) is 18.2 Å². The van der Waals surface area contributed by atoms with Gasteiger partial charge in [-0.2, -0.15) is 0 Å². The van der Waals surface area contributed by atoms with Crippen molar-refractivity contribution in [2.24, 2.45) is 11.1 Å². The van der Waals surface area contributed by atoms with Crippen LogP contribution in [0.4, 0.5) is 0 Å². The molecule has 0 bridgehead atoms. The summed E-state index contributed by atoms with van der Waals surface area (Å²) in [7, 11) is -3.53. The first kappa shape index (κ1) is 15.1. The lowest BCUT2D eigenvalue weighted by atomic mass is 9.99. The summed E-state index contributed by atoms with van der Waals surface area (Å²) in [5.41, 5.74) is 4.78. The van der Waals surface area contributed by atoms with Gasteiger partial charge in [0.25, 0.3) is 0 Å². The second-order valence-electron chi connectivity index (χ2n) is 5.51. The predicted molar refractivity (Wildman–Crippen MR) is 77.7 cm³/mol. The summed E-state index contributed by atoms with van der Waals surface area (Å²) >= 11 is 0. The topological polar surface area (TPSA) is 116 Å². The van der Waals surface area contributed by atoms with Crippen molar-refractivity contribution >= 4 is 15.8 Å². The molecule has 1 aromatic carbocycles. The number of carboxylic acid groups (broad SMARTS) is 1. The van der Waals surface area contributed by atoms with Gasteiger partial charge in [0.1, 0.15) is 5.41 Å². The van der Waals surface area contributed by atoms with E-state index in [4.69, 9.17) is 15.2 Å². The molecule has 1 aromatic rings. The Bertz CT molecular complexity index is 731. The molecule has 120 valence electrons. The predicted octanol–water partition coefficient (Wildman–Crippen LogP) is 0.345. The lowest BCUT2D eigenvalue weighted by Gasteiger charge is -2.09. The summed E-state index contributed by atoms with van der Waals surface area (Å²) in [5, 5.41) is 8.55. The van der Waals surface area contributed by atoms with E-state index in [1.54, 1.807) is 18.2 Å². The van der Waals surface area contributed by atoms with E-state index in [2.05, 4.69) is 0 Å². The van der Waals surface area contributed by atoms with Crippen LogP contribution in [0.1, 0.15) is 18.4 Å². The average Bonchev–Trinajstić information content (AvgIpc) is 3.00. The molecule has 2 aliphatic rings. The molecule has 1 saturated carbocycles. The molecule has 8 heteroatoms. The lowest BCUT2D eigenvalue weighted by Crippen LogP contribution is -2.32. The molecule has 0 spiro atoms. The molecule has 0 amide bonds. The summed E-state index contributed by atoms with van der Waals surface area (Å²) < 4.78 is 35.1.